The number of aromatic amines is 1. The lowest BCUT2D eigenvalue weighted by atomic mass is 10.1. The fraction of sp³-hybridized carbons (Fsp3) is 0.333. The SMILES string of the molecule is CCC(CC)n1c(O)c(-c2ccccc2)c(=O)[nH]c1=O. The zero-order valence-corrected chi connectivity index (χ0v) is 11.6. The quantitative estimate of drug-likeness (QED) is 0.898. The van der Waals surface area contributed by atoms with Crippen LogP contribution in [0.1, 0.15) is 32.7 Å². The molecule has 2 aromatic rings. The van der Waals surface area contributed by atoms with Gasteiger partial charge in [0.05, 0.1) is 0 Å². The number of H-pyrrole nitrogens is 1. The standard InChI is InChI=1S/C15H18N2O3/c1-3-11(4-2)17-14(19)12(13(18)16-15(17)20)10-8-6-5-7-9-10/h5-9,11,19H,3-4H2,1-2H3,(H,16,18,20). The molecule has 106 valence electrons. The molecule has 5 heteroatoms. The first-order chi connectivity index (χ1) is 9.60. The Hall–Kier alpha value is -2.30. The summed E-state index contributed by atoms with van der Waals surface area (Å²) >= 11 is 0. The summed E-state index contributed by atoms with van der Waals surface area (Å²) in [4.78, 5) is 26.2. The van der Waals surface area contributed by atoms with Crippen LogP contribution in [0.5, 0.6) is 5.88 Å². The smallest absolute Gasteiger partial charge is 0.331 e. The molecule has 1 heterocycles. The van der Waals surface area contributed by atoms with Gasteiger partial charge < -0.3 is 5.11 Å². The lowest BCUT2D eigenvalue weighted by molar-refractivity contribution is 0.351. The minimum Gasteiger partial charge on any atom is -0.494 e. The van der Waals surface area contributed by atoms with E-state index in [1.807, 2.05) is 19.9 Å². The highest BCUT2D eigenvalue weighted by Crippen LogP contribution is 2.27. The van der Waals surface area contributed by atoms with E-state index >= 15 is 0 Å². The first kappa shape index (κ1) is 14.1. The minimum atomic E-state index is -0.569. The van der Waals surface area contributed by atoms with Gasteiger partial charge in [-0.2, -0.15) is 0 Å². The zero-order chi connectivity index (χ0) is 14.7. The topological polar surface area (TPSA) is 75.1 Å². The summed E-state index contributed by atoms with van der Waals surface area (Å²) in [6, 6.07) is 8.70. The third kappa shape index (κ3) is 2.39. The molecule has 0 fully saturated rings. The third-order valence-corrected chi connectivity index (χ3v) is 3.49. The van der Waals surface area contributed by atoms with Gasteiger partial charge in [-0.25, -0.2) is 4.79 Å². The first-order valence-corrected chi connectivity index (χ1v) is 6.73. The van der Waals surface area contributed by atoms with Crippen LogP contribution in [0.25, 0.3) is 11.1 Å². The molecule has 0 aliphatic rings. The third-order valence-electron chi connectivity index (χ3n) is 3.49. The molecule has 0 spiro atoms. The largest absolute Gasteiger partial charge is 0.494 e. The van der Waals surface area contributed by atoms with Crippen LogP contribution in [0.15, 0.2) is 39.9 Å². The normalized spacial score (nSPS) is 10.9. The summed E-state index contributed by atoms with van der Waals surface area (Å²) in [5.41, 5.74) is -0.412. The molecule has 2 rings (SSSR count). The van der Waals surface area contributed by atoms with Gasteiger partial charge in [0.2, 0.25) is 5.88 Å². The molecule has 1 aromatic carbocycles. The van der Waals surface area contributed by atoms with E-state index in [1.54, 1.807) is 24.3 Å². The van der Waals surface area contributed by atoms with E-state index in [0.717, 1.165) is 0 Å². The van der Waals surface area contributed by atoms with Crippen molar-refractivity contribution >= 4 is 0 Å². The first-order valence-electron chi connectivity index (χ1n) is 6.73. The number of benzene rings is 1. The Balaban J connectivity index is 2.75. The predicted octanol–water partition coefficient (Wildman–Crippen LogP) is 2.27. The molecule has 0 aliphatic heterocycles. The highest BCUT2D eigenvalue weighted by atomic mass is 16.3. The summed E-state index contributed by atoms with van der Waals surface area (Å²) in [6.07, 6.45) is 1.40. The van der Waals surface area contributed by atoms with Gasteiger partial charge in [-0.15, -0.1) is 0 Å². The zero-order valence-electron chi connectivity index (χ0n) is 11.6. The second kappa shape index (κ2) is 5.77. The average Bonchev–Trinajstić information content (AvgIpc) is 2.44. The van der Waals surface area contributed by atoms with Crippen LogP contribution in [0.3, 0.4) is 0 Å². The Labute approximate surface area is 116 Å². The molecule has 0 saturated carbocycles. The summed E-state index contributed by atoms with van der Waals surface area (Å²) < 4.78 is 1.27. The van der Waals surface area contributed by atoms with Crippen LogP contribution in [-0.2, 0) is 0 Å². The van der Waals surface area contributed by atoms with Crippen molar-refractivity contribution in [2.75, 3.05) is 0 Å². The van der Waals surface area contributed by atoms with Crippen molar-refractivity contribution in [2.45, 2.75) is 32.7 Å². The molecule has 0 radical (unpaired) electrons. The molecule has 2 N–H and O–H groups in total. The number of nitrogens with one attached hydrogen (secondary N) is 1. The highest BCUT2D eigenvalue weighted by Gasteiger charge is 2.19. The number of nitrogens with zero attached hydrogens (tertiary/aromatic N) is 1. The Kier molecular flexibility index (Phi) is 4.08. The van der Waals surface area contributed by atoms with Gasteiger partial charge in [0.15, 0.2) is 0 Å². The lowest BCUT2D eigenvalue weighted by Crippen LogP contribution is -2.33. The Morgan fingerprint density at radius 1 is 1.15 bits per heavy atom. The molecule has 0 aliphatic carbocycles. The van der Waals surface area contributed by atoms with Crippen molar-refractivity contribution in [1.82, 2.24) is 9.55 Å². The number of hydrogen-bond acceptors (Lipinski definition) is 3. The number of aromatic hydroxyl groups is 1. The Bertz CT molecular complexity index is 697. The fourth-order valence-corrected chi connectivity index (χ4v) is 2.40. The van der Waals surface area contributed by atoms with Crippen LogP contribution in [0.4, 0.5) is 0 Å². The van der Waals surface area contributed by atoms with Crippen molar-refractivity contribution < 1.29 is 5.11 Å². The second-order valence-electron chi connectivity index (χ2n) is 4.66. The van der Waals surface area contributed by atoms with E-state index in [4.69, 9.17) is 0 Å². The van der Waals surface area contributed by atoms with Gasteiger partial charge in [-0.1, -0.05) is 44.2 Å². The van der Waals surface area contributed by atoms with E-state index in [0.29, 0.717) is 18.4 Å². The maximum absolute atomic E-state index is 12.0. The van der Waals surface area contributed by atoms with E-state index in [1.165, 1.54) is 4.57 Å². The van der Waals surface area contributed by atoms with Crippen LogP contribution in [0.2, 0.25) is 0 Å². The molecular formula is C15H18N2O3. The fourth-order valence-electron chi connectivity index (χ4n) is 2.40. The summed E-state index contributed by atoms with van der Waals surface area (Å²) in [7, 11) is 0. The number of hydrogen-bond donors (Lipinski definition) is 2. The van der Waals surface area contributed by atoms with E-state index < -0.39 is 11.2 Å². The molecule has 0 unspecified atom stereocenters. The molecular weight excluding hydrogens is 256 g/mol. The van der Waals surface area contributed by atoms with Gasteiger partial charge in [-0.05, 0) is 18.4 Å². The predicted molar refractivity (Wildman–Crippen MR) is 78.0 cm³/mol. The maximum atomic E-state index is 12.0. The molecule has 0 saturated heterocycles. The molecule has 0 bridgehead atoms. The summed E-state index contributed by atoms with van der Waals surface area (Å²) in [6.45, 7) is 3.88. The van der Waals surface area contributed by atoms with E-state index in [-0.39, 0.29) is 17.5 Å². The molecule has 20 heavy (non-hydrogen) atoms. The van der Waals surface area contributed by atoms with Crippen LogP contribution >= 0.6 is 0 Å². The Morgan fingerprint density at radius 3 is 2.30 bits per heavy atom. The molecule has 5 nitrogen and oxygen atoms in total. The molecule has 1 aromatic heterocycles. The van der Waals surface area contributed by atoms with Crippen molar-refractivity contribution in [3.8, 4) is 17.0 Å². The molecule has 0 amide bonds. The average molecular weight is 274 g/mol. The second-order valence-corrected chi connectivity index (χ2v) is 4.66. The van der Waals surface area contributed by atoms with Crippen molar-refractivity contribution in [2.24, 2.45) is 0 Å². The summed E-state index contributed by atoms with van der Waals surface area (Å²) in [5.74, 6) is -0.265. The monoisotopic (exact) mass is 274 g/mol. The summed E-state index contributed by atoms with van der Waals surface area (Å²) in [5, 5.41) is 10.4. The molecule has 0 atom stereocenters. The van der Waals surface area contributed by atoms with E-state index in [9.17, 15) is 14.7 Å². The van der Waals surface area contributed by atoms with Gasteiger partial charge in [0.1, 0.15) is 5.56 Å². The number of aromatic nitrogens is 2. The minimum absolute atomic E-state index is 0.136. The van der Waals surface area contributed by atoms with Crippen molar-refractivity contribution in [3.63, 3.8) is 0 Å². The highest BCUT2D eigenvalue weighted by molar-refractivity contribution is 5.67. The van der Waals surface area contributed by atoms with Crippen molar-refractivity contribution in [3.05, 3.63) is 51.2 Å². The van der Waals surface area contributed by atoms with Crippen LogP contribution in [-0.4, -0.2) is 14.7 Å². The lowest BCUT2D eigenvalue weighted by Gasteiger charge is -2.19. The van der Waals surface area contributed by atoms with Gasteiger partial charge in [0, 0.05) is 6.04 Å². The van der Waals surface area contributed by atoms with Crippen molar-refractivity contribution in [1.29, 1.82) is 0 Å². The maximum Gasteiger partial charge on any atom is 0.331 e. The number of rotatable bonds is 4. The van der Waals surface area contributed by atoms with Gasteiger partial charge >= 0.3 is 5.69 Å². The van der Waals surface area contributed by atoms with Gasteiger partial charge in [0.25, 0.3) is 5.56 Å². The van der Waals surface area contributed by atoms with Gasteiger partial charge in [-0.3, -0.25) is 14.3 Å². The van der Waals surface area contributed by atoms with Crippen LogP contribution in [0, 0.1) is 0 Å². The van der Waals surface area contributed by atoms with E-state index in [2.05, 4.69) is 4.98 Å². The van der Waals surface area contributed by atoms with Crippen LogP contribution < -0.4 is 11.2 Å². The Morgan fingerprint density at radius 2 is 1.75 bits per heavy atom.